The van der Waals surface area contributed by atoms with Crippen molar-refractivity contribution in [3.63, 3.8) is 0 Å². The van der Waals surface area contributed by atoms with Crippen LogP contribution in [0.2, 0.25) is 0 Å². The van der Waals surface area contributed by atoms with Crippen molar-refractivity contribution in [2.24, 2.45) is 0 Å². The van der Waals surface area contributed by atoms with E-state index in [1.54, 1.807) is 45.0 Å². The molecule has 1 aromatic carbocycles. The van der Waals surface area contributed by atoms with E-state index in [0.29, 0.717) is 5.62 Å². The maximum atomic E-state index is 12.8. The van der Waals surface area contributed by atoms with E-state index in [0.717, 1.165) is 22.2 Å². The van der Waals surface area contributed by atoms with Gasteiger partial charge in [0.2, 0.25) is 5.91 Å². The van der Waals surface area contributed by atoms with E-state index in [1.807, 2.05) is 6.07 Å². The third kappa shape index (κ3) is 5.85. The predicted molar refractivity (Wildman–Crippen MR) is 116 cm³/mol. The van der Waals surface area contributed by atoms with E-state index < -0.39 is 40.6 Å². The summed E-state index contributed by atoms with van der Waals surface area (Å²) in [6, 6.07) is 7.96. The lowest BCUT2D eigenvalue weighted by atomic mass is 10.0. The number of alkyl halides is 1. The van der Waals surface area contributed by atoms with Crippen molar-refractivity contribution in [1.29, 1.82) is 0 Å². The SMILES string of the molecule is CC(C)(C)OC(=O)/C(=C(\O)CBr)N1C(=O)C(NC(=O)Cc2ccccc2)C1SC=O. The minimum Gasteiger partial charge on any atom is -0.509 e. The van der Waals surface area contributed by atoms with Gasteiger partial charge in [-0.3, -0.25) is 19.3 Å². The number of nitrogens with zero attached hydrogens (tertiary/aromatic N) is 1. The minimum atomic E-state index is -1.02. The first-order chi connectivity index (χ1) is 14.1. The third-order valence-corrected chi connectivity index (χ3v) is 5.40. The molecule has 1 aliphatic heterocycles. The van der Waals surface area contributed by atoms with E-state index in [4.69, 9.17) is 4.74 Å². The second-order valence-corrected chi connectivity index (χ2v) is 8.98. The van der Waals surface area contributed by atoms with Crippen LogP contribution < -0.4 is 5.32 Å². The highest BCUT2D eigenvalue weighted by atomic mass is 79.9. The molecule has 0 aliphatic carbocycles. The Morgan fingerprint density at radius 2 is 1.93 bits per heavy atom. The number of esters is 1. The maximum Gasteiger partial charge on any atom is 0.359 e. The third-order valence-electron chi connectivity index (χ3n) is 4.00. The number of β-lactam (4-membered cyclic amide) rings is 1. The molecule has 2 N–H and O–H groups in total. The zero-order valence-electron chi connectivity index (χ0n) is 16.8. The van der Waals surface area contributed by atoms with E-state index in [-0.39, 0.29) is 17.4 Å². The number of amides is 2. The van der Waals surface area contributed by atoms with Crippen LogP contribution in [0, 0.1) is 0 Å². The van der Waals surface area contributed by atoms with Gasteiger partial charge in [0.05, 0.1) is 11.8 Å². The summed E-state index contributed by atoms with van der Waals surface area (Å²) in [4.78, 5) is 49.9. The number of aliphatic hydroxyl groups is 1. The van der Waals surface area contributed by atoms with Crippen LogP contribution >= 0.6 is 27.7 Å². The largest absolute Gasteiger partial charge is 0.509 e. The molecule has 0 aromatic heterocycles. The summed E-state index contributed by atoms with van der Waals surface area (Å²) < 4.78 is 5.29. The number of halogens is 1. The normalized spacial score (nSPS) is 19.5. The fourth-order valence-electron chi connectivity index (χ4n) is 2.78. The molecule has 10 heteroatoms. The Hall–Kier alpha value is -2.33. The fourth-order valence-corrected chi connectivity index (χ4v) is 3.83. The number of carbonyl (C=O) groups is 4. The van der Waals surface area contributed by atoms with Crippen molar-refractivity contribution in [3.8, 4) is 0 Å². The van der Waals surface area contributed by atoms with Gasteiger partial charge in [0.15, 0.2) is 11.3 Å². The molecule has 1 fully saturated rings. The molecule has 1 aromatic rings. The zero-order valence-corrected chi connectivity index (χ0v) is 19.2. The van der Waals surface area contributed by atoms with Crippen LogP contribution in [0.15, 0.2) is 41.8 Å². The van der Waals surface area contributed by atoms with Crippen molar-refractivity contribution >= 4 is 51.1 Å². The summed E-state index contributed by atoms with van der Waals surface area (Å²) in [6.45, 7) is 4.95. The number of thioether (sulfide) groups is 1. The molecule has 0 bridgehead atoms. The van der Waals surface area contributed by atoms with Crippen LogP contribution in [0.5, 0.6) is 0 Å². The second-order valence-electron chi connectivity index (χ2n) is 7.47. The molecule has 0 saturated carbocycles. The Morgan fingerprint density at radius 1 is 1.30 bits per heavy atom. The number of aliphatic hydroxyl groups excluding tert-OH is 1. The highest BCUT2D eigenvalue weighted by molar-refractivity contribution is 9.09. The predicted octanol–water partition coefficient (Wildman–Crippen LogP) is 2.31. The number of hydrogen-bond donors (Lipinski definition) is 2. The Bertz CT molecular complexity index is 853. The van der Waals surface area contributed by atoms with Gasteiger partial charge in [0, 0.05) is 0 Å². The summed E-state index contributed by atoms with van der Waals surface area (Å²) in [5, 5.41) is 11.8. The number of rotatable bonds is 8. The van der Waals surface area contributed by atoms with Gasteiger partial charge >= 0.3 is 5.97 Å². The quantitative estimate of drug-likeness (QED) is 0.141. The number of nitrogens with one attached hydrogen (secondary N) is 1. The highest BCUT2D eigenvalue weighted by Gasteiger charge is 2.53. The van der Waals surface area contributed by atoms with Crippen molar-refractivity contribution < 1.29 is 29.0 Å². The minimum absolute atomic E-state index is 0.0600. The van der Waals surface area contributed by atoms with E-state index >= 15 is 0 Å². The van der Waals surface area contributed by atoms with Crippen molar-refractivity contribution in [1.82, 2.24) is 10.2 Å². The van der Waals surface area contributed by atoms with Gasteiger partial charge in [-0.15, -0.1) is 0 Å². The number of ether oxygens (including phenoxy) is 1. The fraction of sp³-hybridized carbons (Fsp3) is 0.400. The molecule has 2 rings (SSSR count). The summed E-state index contributed by atoms with van der Waals surface area (Å²) in [5.41, 5.74) is 0.0573. The topological polar surface area (TPSA) is 113 Å². The number of hydrogen-bond acceptors (Lipinski definition) is 7. The first kappa shape index (κ1) is 23.9. The molecule has 1 heterocycles. The summed E-state index contributed by atoms with van der Waals surface area (Å²) in [7, 11) is 0. The van der Waals surface area contributed by atoms with Crippen LogP contribution in [0.3, 0.4) is 0 Å². The monoisotopic (exact) mass is 498 g/mol. The molecular formula is C20H23BrN2O6S. The lowest BCUT2D eigenvalue weighted by molar-refractivity contribution is -0.159. The first-order valence-electron chi connectivity index (χ1n) is 9.06. The van der Waals surface area contributed by atoms with Gasteiger partial charge in [-0.2, -0.15) is 0 Å². The van der Waals surface area contributed by atoms with Crippen LogP contribution in [0.4, 0.5) is 0 Å². The van der Waals surface area contributed by atoms with Gasteiger partial charge in [-0.1, -0.05) is 58.0 Å². The van der Waals surface area contributed by atoms with E-state index in [2.05, 4.69) is 21.2 Å². The Labute approximate surface area is 187 Å². The molecule has 2 amide bonds. The number of benzene rings is 1. The van der Waals surface area contributed by atoms with Gasteiger partial charge < -0.3 is 15.2 Å². The first-order valence-corrected chi connectivity index (χ1v) is 11.1. The molecule has 2 unspecified atom stereocenters. The van der Waals surface area contributed by atoms with Gasteiger partial charge in [-0.05, 0) is 26.3 Å². The van der Waals surface area contributed by atoms with Crippen LogP contribution in [0.25, 0.3) is 0 Å². The van der Waals surface area contributed by atoms with Crippen molar-refractivity contribution in [3.05, 3.63) is 47.4 Å². The molecule has 0 radical (unpaired) electrons. The second kappa shape index (κ2) is 10.1. The van der Waals surface area contributed by atoms with E-state index in [9.17, 15) is 24.3 Å². The number of carbonyl (C=O) groups excluding carboxylic acids is 4. The summed E-state index contributed by atoms with van der Waals surface area (Å²) in [6.07, 6.45) is 0.0600. The molecule has 8 nitrogen and oxygen atoms in total. The molecule has 1 aliphatic rings. The van der Waals surface area contributed by atoms with Gasteiger partial charge in [-0.25, -0.2) is 4.79 Å². The Kier molecular flexibility index (Phi) is 8.08. The average Bonchev–Trinajstić information content (AvgIpc) is 2.68. The molecule has 1 saturated heterocycles. The van der Waals surface area contributed by atoms with E-state index in [1.165, 1.54) is 0 Å². The molecule has 162 valence electrons. The highest BCUT2D eigenvalue weighted by Crippen LogP contribution is 2.35. The summed E-state index contributed by atoms with van der Waals surface area (Å²) in [5.74, 6) is -2.34. The van der Waals surface area contributed by atoms with Crippen LogP contribution in [0.1, 0.15) is 26.3 Å². The molecule has 30 heavy (non-hydrogen) atoms. The van der Waals surface area contributed by atoms with Crippen molar-refractivity contribution in [2.75, 3.05) is 5.33 Å². The number of allylic oxidation sites excluding steroid dienone is 1. The maximum absolute atomic E-state index is 12.8. The van der Waals surface area contributed by atoms with Gasteiger partial charge in [0.1, 0.15) is 22.8 Å². The lowest BCUT2D eigenvalue weighted by Gasteiger charge is -2.46. The number of likely N-dealkylation sites (tertiary alicyclic amines) is 1. The van der Waals surface area contributed by atoms with Crippen LogP contribution in [-0.2, 0) is 30.3 Å². The standard InChI is InChI=1S/C20H23BrN2O6S/c1-20(2,3)29-19(28)16(13(25)10-21)23-17(27)15(18(23)30-11-24)22-14(26)9-12-7-5-4-6-8-12/h4-8,11,15,18,25H,9-10H2,1-3H3,(H,22,26)/b16-13+. The van der Waals surface area contributed by atoms with Crippen molar-refractivity contribution in [2.45, 2.75) is 44.2 Å². The molecular weight excluding hydrogens is 476 g/mol. The van der Waals surface area contributed by atoms with Crippen LogP contribution in [-0.4, -0.2) is 55.8 Å². The molecule has 2 atom stereocenters. The van der Waals surface area contributed by atoms with Gasteiger partial charge in [0.25, 0.3) is 5.91 Å². The Morgan fingerprint density at radius 3 is 2.47 bits per heavy atom. The Balaban J connectivity index is 2.21. The molecule has 0 spiro atoms. The zero-order chi connectivity index (χ0) is 22.5. The smallest absolute Gasteiger partial charge is 0.359 e. The summed E-state index contributed by atoms with van der Waals surface area (Å²) >= 11 is 3.78. The lowest BCUT2D eigenvalue weighted by Crippen LogP contribution is -2.69. The average molecular weight is 499 g/mol.